The van der Waals surface area contributed by atoms with E-state index in [0.717, 1.165) is 5.01 Å². The zero-order chi connectivity index (χ0) is 16.1. The molecule has 114 valence electrons. The Morgan fingerprint density at radius 2 is 2.00 bits per heavy atom. The third kappa shape index (κ3) is 4.19. The molecule has 0 aliphatic heterocycles. The fraction of sp³-hybridized carbons (Fsp3) is 0.214. The predicted octanol–water partition coefficient (Wildman–Crippen LogP) is 3.22. The summed E-state index contributed by atoms with van der Waals surface area (Å²) in [6, 6.07) is 5.92. The van der Waals surface area contributed by atoms with E-state index in [9.17, 15) is 14.9 Å². The number of rotatable bonds is 5. The lowest BCUT2D eigenvalue weighted by atomic mass is 10.2. The number of nitro benzene ring substituents is 1. The minimum absolute atomic E-state index is 0.0108. The van der Waals surface area contributed by atoms with Crippen LogP contribution in [0.2, 0.25) is 0 Å². The Labute approximate surface area is 130 Å². The fourth-order valence-electron chi connectivity index (χ4n) is 1.54. The van der Waals surface area contributed by atoms with Gasteiger partial charge in [0.15, 0.2) is 0 Å². The minimum atomic E-state index is -0.470. The Morgan fingerprint density at radius 3 is 2.55 bits per heavy atom. The highest BCUT2D eigenvalue weighted by molar-refractivity contribution is 7.15. The second-order valence-electron chi connectivity index (χ2n) is 4.77. The molecule has 1 heterocycles. The highest BCUT2D eigenvalue weighted by Crippen LogP contribution is 2.22. The van der Waals surface area contributed by atoms with E-state index in [1.165, 1.54) is 29.5 Å². The molecule has 0 radical (unpaired) electrons. The van der Waals surface area contributed by atoms with E-state index in [0.29, 0.717) is 10.7 Å². The quantitative estimate of drug-likeness (QED) is 0.518. The largest absolute Gasteiger partial charge is 0.297 e. The normalized spacial score (nSPS) is 11.0. The third-order valence-electron chi connectivity index (χ3n) is 2.70. The van der Waals surface area contributed by atoms with Gasteiger partial charge in [0, 0.05) is 24.1 Å². The van der Waals surface area contributed by atoms with Crippen molar-refractivity contribution < 1.29 is 9.72 Å². The van der Waals surface area contributed by atoms with Crippen molar-refractivity contribution in [2.75, 3.05) is 5.32 Å². The number of hydrogen-bond acceptors (Lipinski definition) is 6. The van der Waals surface area contributed by atoms with Gasteiger partial charge in [-0.1, -0.05) is 25.2 Å². The summed E-state index contributed by atoms with van der Waals surface area (Å²) >= 11 is 1.33. The fourth-order valence-corrected chi connectivity index (χ4v) is 2.29. The Bertz CT molecular complexity index is 707. The van der Waals surface area contributed by atoms with Crippen molar-refractivity contribution in [3.05, 3.63) is 51.0 Å². The minimum Gasteiger partial charge on any atom is -0.297 e. The molecule has 2 rings (SSSR count). The van der Waals surface area contributed by atoms with Crippen molar-refractivity contribution in [1.82, 2.24) is 10.2 Å². The van der Waals surface area contributed by atoms with Gasteiger partial charge >= 0.3 is 0 Å². The van der Waals surface area contributed by atoms with Crippen LogP contribution in [0.15, 0.2) is 30.3 Å². The van der Waals surface area contributed by atoms with Crippen LogP contribution in [-0.2, 0) is 4.79 Å². The zero-order valence-corrected chi connectivity index (χ0v) is 12.8. The number of aromatic nitrogens is 2. The van der Waals surface area contributed by atoms with Crippen LogP contribution in [0.4, 0.5) is 10.8 Å². The first-order chi connectivity index (χ1) is 10.5. The zero-order valence-electron chi connectivity index (χ0n) is 12.0. The Hall–Kier alpha value is -2.61. The van der Waals surface area contributed by atoms with Gasteiger partial charge < -0.3 is 0 Å². The molecule has 0 fully saturated rings. The van der Waals surface area contributed by atoms with E-state index in [2.05, 4.69) is 15.5 Å². The lowest BCUT2D eigenvalue weighted by Crippen LogP contribution is -2.07. The average molecular weight is 318 g/mol. The van der Waals surface area contributed by atoms with Gasteiger partial charge in [-0.3, -0.25) is 20.2 Å². The van der Waals surface area contributed by atoms with Crippen molar-refractivity contribution in [1.29, 1.82) is 0 Å². The van der Waals surface area contributed by atoms with Crippen molar-refractivity contribution in [3.8, 4) is 0 Å². The number of non-ortho nitro benzene ring substituents is 1. The van der Waals surface area contributed by atoms with E-state index in [-0.39, 0.29) is 17.5 Å². The van der Waals surface area contributed by atoms with E-state index in [1.807, 2.05) is 13.8 Å². The number of benzene rings is 1. The maximum atomic E-state index is 11.8. The highest BCUT2D eigenvalue weighted by Gasteiger charge is 2.09. The smallest absolute Gasteiger partial charge is 0.269 e. The summed E-state index contributed by atoms with van der Waals surface area (Å²) in [6.07, 6.45) is 2.92. The number of anilines is 1. The first-order valence-corrected chi connectivity index (χ1v) is 7.34. The van der Waals surface area contributed by atoms with Crippen LogP contribution in [-0.4, -0.2) is 21.0 Å². The molecule has 22 heavy (non-hydrogen) atoms. The molecule has 0 saturated heterocycles. The summed E-state index contributed by atoms with van der Waals surface area (Å²) < 4.78 is 0. The Balaban J connectivity index is 1.97. The number of hydrogen-bond donors (Lipinski definition) is 1. The summed E-state index contributed by atoms with van der Waals surface area (Å²) in [5, 5.41) is 22.3. The standard InChI is InChI=1S/C14H14N4O3S/c1-9(2)13-16-17-14(22-13)15-12(19)8-5-10-3-6-11(7-4-10)18(20)21/h3-9H,1-2H3,(H,15,17,19). The molecule has 1 aromatic heterocycles. The van der Waals surface area contributed by atoms with Gasteiger partial charge in [0.1, 0.15) is 5.01 Å². The maximum absolute atomic E-state index is 11.8. The SMILES string of the molecule is CC(C)c1nnc(NC(=O)C=Cc2ccc([N+](=O)[O-])cc2)s1. The lowest BCUT2D eigenvalue weighted by molar-refractivity contribution is -0.384. The van der Waals surface area contributed by atoms with Gasteiger partial charge in [-0.25, -0.2) is 0 Å². The van der Waals surface area contributed by atoms with Gasteiger partial charge in [-0.05, 0) is 23.8 Å². The van der Waals surface area contributed by atoms with Gasteiger partial charge in [0.2, 0.25) is 11.0 Å². The monoisotopic (exact) mass is 318 g/mol. The van der Waals surface area contributed by atoms with E-state index in [4.69, 9.17) is 0 Å². The van der Waals surface area contributed by atoms with E-state index >= 15 is 0 Å². The summed E-state index contributed by atoms with van der Waals surface area (Å²) in [5.74, 6) is -0.0661. The first-order valence-electron chi connectivity index (χ1n) is 6.52. The number of carbonyl (C=O) groups excluding carboxylic acids is 1. The van der Waals surface area contributed by atoms with Crippen LogP contribution >= 0.6 is 11.3 Å². The van der Waals surface area contributed by atoms with E-state index < -0.39 is 4.92 Å². The highest BCUT2D eigenvalue weighted by atomic mass is 32.1. The third-order valence-corrected chi connectivity index (χ3v) is 3.83. The van der Waals surface area contributed by atoms with Gasteiger partial charge in [0.25, 0.3) is 5.69 Å². The number of nitrogens with one attached hydrogen (secondary N) is 1. The molecule has 1 N–H and O–H groups in total. The topological polar surface area (TPSA) is 98.0 Å². The Morgan fingerprint density at radius 1 is 1.32 bits per heavy atom. The summed E-state index contributed by atoms with van der Waals surface area (Å²) in [4.78, 5) is 21.8. The number of carbonyl (C=O) groups is 1. The van der Waals surface area contributed by atoms with Crippen molar-refractivity contribution in [3.63, 3.8) is 0 Å². The lowest BCUT2D eigenvalue weighted by Gasteiger charge is -1.96. The molecule has 0 saturated carbocycles. The molecular weight excluding hydrogens is 304 g/mol. The van der Waals surface area contributed by atoms with Crippen molar-refractivity contribution in [2.24, 2.45) is 0 Å². The molecule has 0 bridgehead atoms. The molecule has 0 aliphatic rings. The molecule has 1 amide bonds. The van der Waals surface area contributed by atoms with Crippen LogP contribution in [0, 0.1) is 10.1 Å². The molecule has 2 aromatic rings. The summed E-state index contributed by atoms with van der Waals surface area (Å²) in [7, 11) is 0. The molecule has 0 unspecified atom stereocenters. The van der Waals surface area contributed by atoms with E-state index in [1.54, 1.807) is 18.2 Å². The van der Waals surface area contributed by atoms with Crippen LogP contribution in [0.5, 0.6) is 0 Å². The molecular formula is C14H14N4O3S. The molecule has 0 atom stereocenters. The van der Waals surface area contributed by atoms with Gasteiger partial charge in [0.05, 0.1) is 4.92 Å². The average Bonchev–Trinajstić information content (AvgIpc) is 2.94. The second kappa shape index (κ2) is 6.90. The van der Waals surface area contributed by atoms with Crippen LogP contribution < -0.4 is 5.32 Å². The second-order valence-corrected chi connectivity index (χ2v) is 5.78. The summed E-state index contributed by atoms with van der Waals surface area (Å²) in [6.45, 7) is 4.00. The molecule has 8 heteroatoms. The first kappa shape index (κ1) is 15.8. The van der Waals surface area contributed by atoms with Crippen molar-refractivity contribution in [2.45, 2.75) is 19.8 Å². The molecule has 0 spiro atoms. The number of nitro groups is 1. The number of nitrogens with zero attached hydrogens (tertiary/aromatic N) is 3. The van der Waals surface area contributed by atoms with Gasteiger partial charge in [-0.2, -0.15) is 0 Å². The van der Waals surface area contributed by atoms with Crippen molar-refractivity contribution >= 4 is 34.1 Å². The van der Waals surface area contributed by atoms with Crippen LogP contribution in [0.25, 0.3) is 6.08 Å². The molecule has 0 aliphatic carbocycles. The predicted molar refractivity (Wildman–Crippen MR) is 84.8 cm³/mol. The Kier molecular flexibility index (Phi) is 4.95. The number of amides is 1. The van der Waals surface area contributed by atoms with Crippen LogP contribution in [0.3, 0.4) is 0 Å². The molecule has 1 aromatic carbocycles. The molecule has 7 nitrogen and oxygen atoms in total. The van der Waals surface area contributed by atoms with Crippen LogP contribution in [0.1, 0.15) is 30.3 Å². The maximum Gasteiger partial charge on any atom is 0.269 e. The summed E-state index contributed by atoms with van der Waals surface area (Å²) in [5.41, 5.74) is 0.706. The van der Waals surface area contributed by atoms with Gasteiger partial charge in [-0.15, -0.1) is 10.2 Å².